The predicted molar refractivity (Wildman–Crippen MR) is 143 cm³/mol. The third kappa shape index (κ3) is 6.09. The van der Waals surface area contributed by atoms with Crippen molar-refractivity contribution in [1.82, 2.24) is 4.90 Å². The molecule has 36 heavy (non-hydrogen) atoms. The van der Waals surface area contributed by atoms with Crippen LogP contribution in [0, 0.1) is 0 Å². The van der Waals surface area contributed by atoms with Crippen molar-refractivity contribution >= 4 is 29.3 Å². The molecule has 188 valence electrons. The standard InChI is InChI=1S/C29H32N2O4S/c1-20(32)35-28-26(21-10-12-23(34-4)13-11-21)19-22-18-25(36-24-8-6-5-7-9-24)14-15-27(22)31(29(28)33)17-16-30(2)3/h5-15,18,26,28H,16-17,19H2,1-4H3/t26-,28+/m0/s1. The van der Waals surface area contributed by atoms with Gasteiger partial charge in [0.15, 0.2) is 6.10 Å². The van der Waals surface area contributed by atoms with Gasteiger partial charge in [0.1, 0.15) is 5.75 Å². The number of benzene rings is 3. The van der Waals surface area contributed by atoms with Crippen molar-refractivity contribution < 1.29 is 19.1 Å². The van der Waals surface area contributed by atoms with Crippen LogP contribution >= 0.6 is 11.8 Å². The number of ether oxygens (including phenoxy) is 2. The Morgan fingerprint density at radius 3 is 2.39 bits per heavy atom. The van der Waals surface area contributed by atoms with Crippen LogP contribution in [-0.4, -0.2) is 57.2 Å². The maximum atomic E-state index is 13.9. The van der Waals surface area contributed by atoms with E-state index in [1.54, 1.807) is 23.8 Å². The summed E-state index contributed by atoms with van der Waals surface area (Å²) in [5.74, 6) is -0.259. The average molecular weight is 505 g/mol. The van der Waals surface area contributed by atoms with Gasteiger partial charge >= 0.3 is 5.97 Å². The second-order valence-electron chi connectivity index (χ2n) is 9.11. The number of esters is 1. The first kappa shape index (κ1) is 25.8. The highest BCUT2D eigenvalue weighted by Crippen LogP contribution is 2.39. The molecule has 3 aromatic rings. The molecule has 7 heteroatoms. The van der Waals surface area contributed by atoms with Crippen LogP contribution < -0.4 is 9.64 Å². The Labute approximate surface area is 217 Å². The Bertz CT molecular complexity index is 1200. The van der Waals surface area contributed by atoms with E-state index in [1.807, 2.05) is 67.5 Å². The Morgan fingerprint density at radius 1 is 1.03 bits per heavy atom. The SMILES string of the molecule is COc1ccc([C@@H]2Cc3cc(Sc4ccccc4)ccc3N(CCN(C)C)C(=O)[C@@H]2OC(C)=O)cc1. The van der Waals surface area contributed by atoms with Gasteiger partial charge in [-0.25, -0.2) is 0 Å². The lowest BCUT2D eigenvalue weighted by Crippen LogP contribution is -2.45. The topological polar surface area (TPSA) is 59.1 Å². The Kier molecular flexibility index (Phi) is 8.33. The van der Waals surface area contributed by atoms with Crippen molar-refractivity contribution in [3.05, 3.63) is 83.9 Å². The number of amides is 1. The molecule has 6 nitrogen and oxygen atoms in total. The summed E-state index contributed by atoms with van der Waals surface area (Å²) in [6, 6.07) is 24.1. The third-order valence-corrected chi connectivity index (χ3v) is 7.24. The molecule has 0 aromatic heterocycles. The average Bonchev–Trinajstić information content (AvgIpc) is 2.97. The second kappa shape index (κ2) is 11.6. The zero-order chi connectivity index (χ0) is 25.7. The van der Waals surface area contributed by atoms with Gasteiger partial charge in [-0.1, -0.05) is 42.1 Å². The molecule has 1 amide bonds. The molecule has 1 aliphatic heterocycles. The van der Waals surface area contributed by atoms with E-state index in [1.165, 1.54) is 6.92 Å². The van der Waals surface area contributed by atoms with Crippen molar-refractivity contribution in [2.24, 2.45) is 0 Å². The van der Waals surface area contributed by atoms with Crippen LogP contribution in [-0.2, 0) is 20.7 Å². The van der Waals surface area contributed by atoms with Gasteiger partial charge in [0.25, 0.3) is 5.91 Å². The highest BCUT2D eigenvalue weighted by atomic mass is 32.2. The van der Waals surface area contributed by atoms with E-state index >= 15 is 0 Å². The highest BCUT2D eigenvalue weighted by molar-refractivity contribution is 7.99. The first-order valence-electron chi connectivity index (χ1n) is 12.0. The van der Waals surface area contributed by atoms with Crippen LogP contribution in [0.15, 0.2) is 82.6 Å². The normalized spacial score (nSPS) is 17.5. The predicted octanol–water partition coefficient (Wildman–Crippen LogP) is 5.01. The molecular formula is C29H32N2O4S. The number of carbonyl (C=O) groups is 2. The van der Waals surface area contributed by atoms with E-state index in [4.69, 9.17) is 9.47 Å². The summed E-state index contributed by atoms with van der Waals surface area (Å²) in [5, 5.41) is 0. The van der Waals surface area contributed by atoms with Gasteiger partial charge in [0, 0.05) is 41.4 Å². The number of fused-ring (bicyclic) bond motifs is 1. The van der Waals surface area contributed by atoms with E-state index in [0.717, 1.165) is 32.4 Å². The molecule has 0 fully saturated rings. The number of carbonyl (C=O) groups excluding carboxylic acids is 2. The first-order valence-corrected chi connectivity index (χ1v) is 12.8. The number of hydrogen-bond donors (Lipinski definition) is 0. The van der Waals surface area contributed by atoms with E-state index in [9.17, 15) is 9.59 Å². The van der Waals surface area contributed by atoms with Gasteiger partial charge in [0.05, 0.1) is 7.11 Å². The Morgan fingerprint density at radius 2 is 1.75 bits per heavy atom. The zero-order valence-electron chi connectivity index (χ0n) is 21.1. The molecule has 0 aliphatic carbocycles. The van der Waals surface area contributed by atoms with E-state index in [-0.39, 0.29) is 11.8 Å². The van der Waals surface area contributed by atoms with E-state index < -0.39 is 12.1 Å². The van der Waals surface area contributed by atoms with Gasteiger partial charge in [-0.2, -0.15) is 0 Å². The zero-order valence-corrected chi connectivity index (χ0v) is 22.0. The molecule has 0 N–H and O–H groups in total. The molecule has 4 rings (SSSR count). The third-order valence-electron chi connectivity index (χ3n) is 6.24. The molecule has 0 spiro atoms. The number of nitrogens with zero attached hydrogens (tertiary/aromatic N) is 2. The number of rotatable bonds is 8. The Hall–Kier alpha value is -3.29. The first-order chi connectivity index (χ1) is 17.4. The van der Waals surface area contributed by atoms with Crippen LogP contribution in [0.3, 0.4) is 0 Å². The van der Waals surface area contributed by atoms with Crippen molar-refractivity contribution in [1.29, 1.82) is 0 Å². The lowest BCUT2D eigenvalue weighted by atomic mass is 9.87. The molecule has 1 heterocycles. The van der Waals surface area contributed by atoms with E-state index in [2.05, 4.69) is 24.3 Å². The van der Waals surface area contributed by atoms with Crippen LogP contribution in [0.5, 0.6) is 5.75 Å². The molecule has 0 bridgehead atoms. The summed E-state index contributed by atoms with van der Waals surface area (Å²) < 4.78 is 11.0. The quantitative estimate of drug-likeness (QED) is 0.402. The minimum absolute atomic E-state index is 0.199. The number of methoxy groups -OCH3 is 1. The summed E-state index contributed by atoms with van der Waals surface area (Å²) in [6.45, 7) is 2.54. The van der Waals surface area contributed by atoms with Gasteiger partial charge in [0.2, 0.25) is 0 Å². The van der Waals surface area contributed by atoms with Gasteiger partial charge in [-0.3, -0.25) is 9.59 Å². The summed E-state index contributed by atoms with van der Waals surface area (Å²) in [7, 11) is 5.58. The van der Waals surface area contributed by atoms with Crippen molar-refractivity contribution in [2.75, 3.05) is 39.2 Å². The molecule has 2 atom stereocenters. The summed E-state index contributed by atoms with van der Waals surface area (Å²) in [5.41, 5.74) is 2.85. The largest absolute Gasteiger partial charge is 0.497 e. The van der Waals surface area contributed by atoms with Crippen LogP contribution in [0.2, 0.25) is 0 Å². The molecule has 0 radical (unpaired) electrons. The number of anilines is 1. The maximum Gasteiger partial charge on any atom is 0.303 e. The molecule has 1 aliphatic rings. The van der Waals surface area contributed by atoms with Crippen LogP contribution in [0.4, 0.5) is 5.69 Å². The molecular weight excluding hydrogens is 472 g/mol. The summed E-state index contributed by atoms with van der Waals surface area (Å²) >= 11 is 1.69. The summed E-state index contributed by atoms with van der Waals surface area (Å²) in [6.07, 6.45) is -0.358. The lowest BCUT2D eigenvalue weighted by molar-refractivity contribution is -0.154. The summed E-state index contributed by atoms with van der Waals surface area (Å²) in [4.78, 5) is 32.1. The maximum absolute atomic E-state index is 13.9. The van der Waals surface area contributed by atoms with Gasteiger partial charge in [-0.05, 0) is 74.1 Å². The van der Waals surface area contributed by atoms with Crippen molar-refractivity contribution in [3.63, 3.8) is 0 Å². The Balaban J connectivity index is 1.78. The van der Waals surface area contributed by atoms with Crippen molar-refractivity contribution in [3.8, 4) is 5.75 Å². The highest BCUT2D eigenvalue weighted by Gasteiger charge is 2.40. The number of likely N-dealkylation sites (N-methyl/N-ethyl adjacent to an activating group) is 1. The van der Waals surface area contributed by atoms with Crippen LogP contribution in [0.25, 0.3) is 0 Å². The van der Waals surface area contributed by atoms with Gasteiger partial charge in [-0.15, -0.1) is 0 Å². The second-order valence-corrected chi connectivity index (χ2v) is 10.3. The molecule has 0 saturated heterocycles. The molecule has 0 saturated carbocycles. The molecule has 3 aromatic carbocycles. The number of hydrogen-bond acceptors (Lipinski definition) is 6. The smallest absolute Gasteiger partial charge is 0.303 e. The van der Waals surface area contributed by atoms with Crippen LogP contribution in [0.1, 0.15) is 24.0 Å². The monoisotopic (exact) mass is 504 g/mol. The van der Waals surface area contributed by atoms with Crippen molar-refractivity contribution in [2.45, 2.75) is 35.2 Å². The minimum Gasteiger partial charge on any atom is -0.497 e. The molecule has 0 unspecified atom stereocenters. The fraction of sp³-hybridized carbons (Fsp3) is 0.310. The minimum atomic E-state index is -0.921. The lowest BCUT2D eigenvalue weighted by Gasteiger charge is -2.29. The van der Waals surface area contributed by atoms with E-state index in [0.29, 0.717) is 19.5 Å². The van der Waals surface area contributed by atoms with Gasteiger partial charge < -0.3 is 19.3 Å². The fourth-order valence-electron chi connectivity index (χ4n) is 4.45. The fourth-order valence-corrected chi connectivity index (χ4v) is 5.35.